The molecule has 0 aromatic rings. The van der Waals surface area contributed by atoms with Crippen LogP contribution in [0, 0.1) is 0 Å². The van der Waals surface area contributed by atoms with Gasteiger partial charge in [0.05, 0.1) is 14.2 Å². The van der Waals surface area contributed by atoms with E-state index >= 15 is 0 Å². The third-order valence-electron chi connectivity index (χ3n) is 0.971. The average molecular weight is 187 g/mol. The molecule has 0 aliphatic heterocycles. The lowest BCUT2D eigenvalue weighted by atomic mass is 10.4. The van der Waals surface area contributed by atoms with Gasteiger partial charge in [0.2, 0.25) is 0 Å². The minimum Gasteiger partial charge on any atom is -0.463 e. The van der Waals surface area contributed by atoms with E-state index in [9.17, 15) is 9.59 Å². The Morgan fingerprint density at radius 3 is 1.58 bits per heavy atom. The van der Waals surface area contributed by atoms with Crippen LogP contribution in [0.5, 0.6) is 0 Å². The number of rotatable bonds is 2. The number of esters is 2. The Kier molecular flexibility index (Phi) is 10.4. The van der Waals surface area contributed by atoms with Crippen molar-refractivity contribution in [2.24, 2.45) is 0 Å². The third kappa shape index (κ3) is 5.33. The molecule has 65 valence electrons. The predicted octanol–water partition coefficient (Wildman–Crippen LogP) is -1.10. The zero-order chi connectivity index (χ0) is 10.1. The van der Waals surface area contributed by atoms with Gasteiger partial charge in [0.25, 0.3) is 0 Å². The second kappa shape index (κ2) is 8.76. The van der Waals surface area contributed by atoms with Gasteiger partial charge in [-0.2, -0.15) is 0 Å². The molecule has 0 saturated carbocycles. The van der Waals surface area contributed by atoms with E-state index in [1.165, 1.54) is 35.9 Å². The van der Waals surface area contributed by atoms with E-state index in [0.29, 0.717) is 0 Å². The van der Waals surface area contributed by atoms with Crippen LogP contribution in [0.4, 0.5) is 0 Å². The molecule has 0 aliphatic carbocycles. The Morgan fingerprint density at radius 1 is 1.17 bits per heavy atom. The summed E-state index contributed by atoms with van der Waals surface area (Å²) >= 11 is 1.23. The third-order valence-corrected chi connectivity index (χ3v) is 1.64. The van der Waals surface area contributed by atoms with Crippen molar-refractivity contribution in [1.29, 1.82) is 0 Å². The molecule has 0 atom stereocenters. The minimum atomic E-state index is -0.796. The van der Waals surface area contributed by atoms with E-state index < -0.39 is 16.0 Å². The van der Waals surface area contributed by atoms with Crippen LogP contribution < -0.4 is 0 Å². The van der Waals surface area contributed by atoms with Gasteiger partial charge in [-0.05, 0) is 0 Å². The molecule has 0 rings (SSSR count). The summed E-state index contributed by atoms with van der Waals surface area (Å²) in [7, 11) is 3.46. The summed E-state index contributed by atoms with van der Waals surface area (Å²) in [5.74, 6) is -1.13. The number of aliphatic hydroxyl groups is 1. The maximum absolute atomic E-state index is 10.6. The highest BCUT2D eigenvalue weighted by Crippen LogP contribution is 2.02. The first-order valence-electron chi connectivity index (χ1n) is 3.07. The molecule has 5 nitrogen and oxygen atoms in total. The molecular formula is C6H11MgO5+2. The lowest BCUT2D eigenvalue weighted by molar-refractivity contribution is -0.151. The summed E-state index contributed by atoms with van der Waals surface area (Å²) in [6.07, 6.45) is 0. The fraction of sp³-hybridized carbons (Fsp3) is 0.667. The van der Waals surface area contributed by atoms with Crippen LogP contribution >= 0.6 is 0 Å². The topological polar surface area (TPSA) is 72.8 Å². The fourth-order valence-corrected chi connectivity index (χ4v) is 0.714. The molecule has 0 bridgehead atoms. The van der Waals surface area contributed by atoms with Crippen molar-refractivity contribution in [2.75, 3.05) is 21.3 Å². The van der Waals surface area contributed by atoms with Crippen molar-refractivity contribution < 1.29 is 24.2 Å². The molecule has 0 aromatic carbocycles. The number of hydrogen-bond acceptors (Lipinski definition) is 5. The van der Waals surface area contributed by atoms with Crippen LogP contribution in [0.15, 0.2) is 0 Å². The predicted molar refractivity (Wildman–Crippen MR) is 41.7 cm³/mol. The Bertz CT molecular complexity index is 131. The van der Waals surface area contributed by atoms with Gasteiger partial charge in [-0.3, -0.25) is 0 Å². The number of aliphatic hydroxyl groups excluding tert-OH is 1. The monoisotopic (exact) mass is 187 g/mol. The van der Waals surface area contributed by atoms with Crippen molar-refractivity contribution >= 4 is 33.6 Å². The van der Waals surface area contributed by atoms with E-state index in [0.717, 1.165) is 7.11 Å². The Hall–Kier alpha value is -0.334. The summed E-state index contributed by atoms with van der Waals surface area (Å²) in [6, 6.07) is 0. The molecule has 0 fully saturated rings. The van der Waals surface area contributed by atoms with Gasteiger partial charge in [-0.1, -0.05) is 0 Å². The van der Waals surface area contributed by atoms with Crippen LogP contribution in [0.3, 0.4) is 0 Å². The van der Waals surface area contributed by atoms with Crippen molar-refractivity contribution in [3.05, 3.63) is 0 Å². The van der Waals surface area contributed by atoms with Gasteiger partial charge >= 0.3 is 37.7 Å². The quantitative estimate of drug-likeness (QED) is 0.337. The van der Waals surface area contributed by atoms with Gasteiger partial charge in [-0.15, -0.1) is 0 Å². The molecule has 0 unspecified atom stereocenters. The van der Waals surface area contributed by atoms with Crippen molar-refractivity contribution in [1.82, 2.24) is 0 Å². The maximum Gasteiger partial charge on any atom is 1.44 e. The Labute approximate surface area is 83.5 Å². The van der Waals surface area contributed by atoms with Gasteiger partial charge in [0.15, 0.2) is 0 Å². The molecule has 0 heterocycles. The van der Waals surface area contributed by atoms with E-state index in [4.69, 9.17) is 5.11 Å². The molecule has 12 heavy (non-hydrogen) atoms. The van der Waals surface area contributed by atoms with Crippen LogP contribution in [0.2, 0.25) is 4.05 Å². The smallest absolute Gasteiger partial charge is 0.463 e. The van der Waals surface area contributed by atoms with E-state index in [1.807, 2.05) is 0 Å². The van der Waals surface area contributed by atoms with Gasteiger partial charge in [0.1, 0.15) is 0 Å². The largest absolute Gasteiger partial charge is 1.44 e. The van der Waals surface area contributed by atoms with Gasteiger partial charge < -0.3 is 14.6 Å². The van der Waals surface area contributed by atoms with Crippen molar-refractivity contribution in [2.45, 2.75) is 4.05 Å². The summed E-state index contributed by atoms with van der Waals surface area (Å²) in [5.41, 5.74) is 0. The van der Waals surface area contributed by atoms with Crippen LogP contribution in [0.1, 0.15) is 0 Å². The lowest BCUT2D eigenvalue weighted by Gasteiger charge is -1.91. The zero-order valence-corrected chi connectivity index (χ0v) is 8.78. The highest BCUT2D eigenvalue weighted by atomic mass is 24.4. The summed E-state index contributed by atoms with van der Waals surface area (Å²) in [6.45, 7) is 0. The number of carbonyl (C=O) groups excluding carboxylic acids is 2. The first-order valence-corrected chi connectivity index (χ1v) is 3.88. The van der Waals surface area contributed by atoms with E-state index in [1.54, 1.807) is 0 Å². The Morgan fingerprint density at radius 2 is 1.42 bits per heavy atom. The van der Waals surface area contributed by atoms with Crippen molar-refractivity contribution in [3.63, 3.8) is 0 Å². The SMILES string of the molecule is CO.COC(=O)[CH]([Mg+2])C(=O)OC. The fourth-order valence-electron chi connectivity index (χ4n) is 0.381. The number of hydrogen-bond donors (Lipinski definition) is 1. The molecule has 0 aromatic heterocycles. The Balaban J connectivity index is 0. The molecule has 6 heteroatoms. The van der Waals surface area contributed by atoms with Crippen LogP contribution in [-0.2, 0) is 19.1 Å². The lowest BCUT2D eigenvalue weighted by Crippen LogP contribution is -2.20. The summed E-state index contributed by atoms with van der Waals surface area (Å²) in [5, 5.41) is 7.00. The van der Waals surface area contributed by atoms with Gasteiger partial charge in [-0.25, -0.2) is 9.59 Å². The highest BCUT2D eigenvalue weighted by molar-refractivity contribution is 6.34. The number of carbonyl (C=O) groups is 2. The summed E-state index contributed by atoms with van der Waals surface area (Å²) in [4.78, 5) is 21.2. The second-order valence-corrected chi connectivity index (χ2v) is 2.42. The molecule has 0 amide bonds. The molecular weight excluding hydrogens is 176 g/mol. The zero-order valence-electron chi connectivity index (χ0n) is 7.36. The first kappa shape index (κ1) is 14.2. The maximum atomic E-state index is 10.6. The van der Waals surface area contributed by atoms with Crippen LogP contribution in [-0.4, -0.2) is 60.1 Å². The van der Waals surface area contributed by atoms with E-state index in [2.05, 4.69) is 9.47 Å². The average Bonchev–Trinajstić information content (AvgIpc) is 2.17. The van der Waals surface area contributed by atoms with Gasteiger partial charge in [0, 0.05) is 7.11 Å². The number of ether oxygens (including phenoxy) is 2. The van der Waals surface area contributed by atoms with Crippen LogP contribution in [0.25, 0.3) is 0 Å². The minimum absolute atomic E-state index is 0.565. The molecule has 7 radical (unpaired) electrons. The molecule has 0 aliphatic rings. The van der Waals surface area contributed by atoms with Crippen molar-refractivity contribution in [3.8, 4) is 0 Å². The normalized spacial score (nSPS) is 8.17. The van der Waals surface area contributed by atoms with E-state index in [-0.39, 0.29) is 0 Å². The highest BCUT2D eigenvalue weighted by Gasteiger charge is 2.58. The standard InChI is InChI=1S/C5H7O4.CH4O.Mg/c1-8-4(6)3-5(7)9-2;1-2;/h3H,1-2H3;2H,1H3;/q;;+2. The molecule has 1 N–H and O–H groups in total. The first-order chi connectivity index (χ1) is 5.63. The molecule has 0 spiro atoms. The number of methoxy groups -OCH3 is 2. The second-order valence-electron chi connectivity index (χ2n) is 1.60. The summed E-state index contributed by atoms with van der Waals surface area (Å²) < 4.78 is 7.81. The molecule has 0 saturated heterocycles.